The Labute approximate surface area is 120 Å². The Kier molecular flexibility index (Phi) is 4.29. The van der Waals surface area contributed by atoms with E-state index in [0.29, 0.717) is 0 Å². The molecule has 20 heavy (non-hydrogen) atoms. The van der Waals surface area contributed by atoms with Crippen molar-refractivity contribution in [1.29, 1.82) is 0 Å². The third kappa shape index (κ3) is 3.30. The lowest BCUT2D eigenvalue weighted by Crippen LogP contribution is -2.37. The van der Waals surface area contributed by atoms with Crippen molar-refractivity contribution in [3.63, 3.8) is 0 Å². The first-order valence-electron chi connectivity index (χ1n) is 6.02. The molecule has 0 saturated carbocycles. The number of benzene rings is 1. The van der Waals surface area contributed by atoms with Crippen molar-refractivity contribution in [3.8, 4) is 0 Å². The zero-order chi connectivity index (χ0) is 14.7. The summed E-state index contributed by atoms with van der Waals surface area (Å²) in [6, 6.07) is 7.43. The monoisotopic (exact) mass is 293 g/mol. The molecule has 0 spiro atoms. The number of nitrogens with one attached hydrogen (secondary N) is 1. The lowest BCUT2D eigenvalue weighted by Gasteiger charge is -2.15. The number of carboxylic acid groups (broad SMARTS) is 1. The van der Waals surface area contributed by atoms with Crippen LogP contribution < -0.4 is 10.4 Å². The van der Waals surface area contributed by atoms with E-state index >= 15 is 0 Å². The number of aryl methyl sites for hydroxylation is 1. The van der Waals surface area contributed by atoms with Crippen LogP contribution in [-0.4, -0.2) is 33.9 Å². The number of aliphatic carboxylic acids is 1. The molecule has 1 N–H and O–H groups in total. The smallest absolute Gasteiger partial charge is 0.290 e. The van der Waals surface area contributed by atoms with Gasteiger partial charge in [-0.05, 0) is 36.4 Å². The fourth-order valence-electron chi connectivity index (χ4n) is 1.83. The summed E-state index contributed by atoms with van der Waals surface area (Å²) in [5.74, 6) is -1.71. The average molecular weight is 293 g/mol. The van der Waals surface area contributed by atoms with Gasteiger partial charge < -0.3 is 15.2 Å². The molecule has 0 aliphatic carbocycles. The Hall–Kier alpha value is -2.02. The van der Waals surface area contributed by atoms with Crippen LogP contribution in [0.1, 0.15) is 12.0 Å². The Balaban J connectivity index is 2.02. The standard InChI is InChI=1S/C13H14N2O4S/c1-8-3-2-4-9(7-8)14-11-12(18)15(13(19)20-11)6-5-10(16)17/h2-4,7,11,14H,5-6H2,1H3,(H,16,17)/p-1/t11-/m0/s1. The Bertz CT molecular complexity index is 561. The van der Waals surface area contributed by atoms with Crippen LogP contribution in [-0.2, 0) is 9.59 Å². The normalized spacial score (nSPS) is 18.4. The number of anilines is 1. The summed E-state index contributed by atoms with van der Waals surface area (Å²) in [6.45, 7) is 1.77. The second-order valence-electron chi connectivity index (χ2n) is 4.39. The van der Waals surface area contributed by atoms with Crippen molar-refractivity contribution in [1.82, 2.24) is 4.90 Å². The Morgan fingerprint density at radius 1 is 1.45 bits per heavy atom. The molecule has 0 radical (unpaired) electrons. The van der Waals surface area contributed by atoms with Gasteiger partial charge in [-0.1, -0.05) is 12.1 Å². The molecular formula is C13H13N2O4S-. The van der Waals surface area contributed by atoms with E-state index in [0.717, 1.165) is 27.9 Å². The van der Waals surface area contributed by atoms with Crippen LogP contribution in [0.2, 0.25) is 0 Å². The number of imide groups is 1. The SMILES string of the molecule is Cc1cccc(N[C@H]2SC(=O)N(CCC(=O)[O-])C2=O)c1. The van der Waals surface area contributed by atoms with Gasteiger partial charge in [-0.2, -0.15) is 0 Å². The molecule has 106 valence electrons. The molecule has 7 heteroatoms. The molecule has 1 fully saturated rings. The second kappa shape index (κ2) is 5.96. The van der Waals surface area contributed by atoms with E-state index in [9.17, 15) is 19.5 Å². The van der Waals surface area contributed by atoms with Crippen LogP contribution >= 0.6 is 11.8 Å². The van der Waals surface area contributed by atoms with Crippen LogP contribution in [0.4, 0.5) is 10.5 Å². The number of carbonyl (C=O) groups is 3. The van der Waals surface area contributed by atoms with Gasteiger partial charge in [-0.3, -0.25) is 14.5 Å². The number of hydrogen-bond acceptors (Lipinski definition) is 6. The highest BCUT2D eigenvalue weighted by molar-refractivity contribution is 8.15. The van der Waals surface area contributed by atoms with Gasteiger partial charge >= 0.3 is 0 Å². The summed E-state index contributed by atoms with van der Waals surface area (Å²) in [4.78, 5) is 35.0. The summed E-state index contributed by atoms with van der Waals surface area (Å²) in [5.41, 5.74) is 1.77. The number of hydrogen-bond donors (Lipinski definition) is 1. The molecule has 1 atom stereocenters. The van der Waals surface area contributed by atoms with E-state index in [1.54, 1.807) is 6.07 Å². The average Bonchev–Trinajstić information content (AvgIpc) is 2.62. The highest BCUT2D eigenvalue weighted by atomic mass is 32.2. The molecule has 1 heterocycles. The van der Waals surface area contributed by atoms with Gasteiger partial charge in [0.25, 0.3) is 11.1 Å². The molecule has 2 amide bonds. The summed E-state index contributed by atoms with van der Waals surface area (Å²) in [7, 11) is 0. The van der Waals surface area contributed by atoms with Gasteiger partial charge in [0.15, 0.2) is 5.37 Å². The molecule has 0 bridgehead atoms. The third-order valence-electron chi connectivity index (χ3n) is 2.78. The zero-order valence-electron chi connectivity index (χ0n) is 10.8. The fourth-order valence-corrected chi connectivity index (χ4v) is 2.76. The topological polar surface area (TPSA) is 89.5 Å². The molecule has 6 nitrogen and oxygen atoms in total. The number of carbonyl (C=O) groups excluding carboxylic acids is 3. The van der Waals surface area contributed by atoms with Gasteiger partial charge in [-0.25, -0.2) is 0 Å². The van der Waals surface area contributed by atoms with Crippen LogP contribution in [0.5, 0.6) is 0 Å². The molecular weight excluding hydrogens is 280 g/mol. The minimum Gasteiger partial charge on any atom is -0.550 e. The van der Waals surface area contributed by atoms with Crippen molar-refractivity contribution in [2.75, 3.05) is 11.9 Å². The largest absolute Gasteiger partial charge is 0.550 e. The Morgan fingerprint density at radius 2 is 2.20 bits per heavy atom. The van der Waals surface area contributed by atoms with E-state index in [4.69, 9.17) is 0 Å². The summed E-state index contributed by atoms with van der Waals surface area (Å²) in [6.07, 6.45) is -0.352. The first-order chi connectivity index (χ1) is 9.47. The predicted octanol–water partition coefficient (Wildman–Crippen LogP) is 0.568. The highest BCUT2D eigenvalue weighted by Gasteiger charge is 2.39. The molecule has 1 aliphatic rings. The number of rotatable bonds is 5. The number of thioether (sulfide) groups is 1. The predicted molar refractivity (Wildman–Crippen MR) is 72.9 cm³/mol. The minimum atomic E-state index is -1.29. The quantitative estimate of drug-likeness (QED) is 0.853. The van der Waals surface area contributed by atoms with Crippen LogP contribution in [0, 0.1) is 6.92 Å². The lowest BCUT2D eigenvalue weighted by atomic mass is 10.2. The van der Waals surface area contributed by atoms with Crippen molar-refractivity contribution in [2.24, 2.45) is 0 Å². The molecule has 2 rings (SSSR count). The first kappa shape index (κ1) is 14.4. The third-order valence-corrected chi connectivity index (χ3v) is 3.76. The van der Waals surface area contributed by atoms with Gasteiger partial charge in [-0.15, -0.1) is 0 Å². The van der Waals surface area contributed by atoms with Gasteiger partial charge in [0.2, 0.25) is 0 Å². The van der Waals surface area contributed by atoms with E-state index in [2.05, 4.69) is 5.32 Å². The molecule has 1 aromatic carbocycles. The van der Waals surface area contributed by atoms with Gasteiger partial charge in [0, 0.05) is 24.6 Å². The summed E-state index contributed by atoms with van der Waals surface area (Å²) in [5, 5.41) is 12.2. The zero-order valence-corrected chi connectivity index (χ0v) is 11.6. The van der Waals surface area contributed by atoms with Gasteiger partial charge in [0.1, 0.15) is 0 Å². The van der Waals surface area contributed by atoms with Crippen LogP contribution in [0.25, 0.3) is 0 Å². The maximum atomic E-state index is 12.0. The number of nitrogens with zero attached hydrogens (tertiary/aromatic N) is 1. The molecule has 1 aliphatic heterocycles. The lowest BCUT2D eigenvalue weighted by molar-refractivity contribution is -0.305. The maximum absolute atomic E-state index is 12.0. The number of amides is 2. The van der Waals surface area contributed by atoms with E-state index in [1.807, 2.05) is 25.1 Å². The Morgan fingerprint density at radius 3 is 2.85 bits per heavy atom. The molecule has 0 unspecified atom stereocenters. The van der Waals surface area contributed by atoms with Crippen LogP contribution in [0.3, 0.4) is 0 Å². The van der Waals surface area contributed by atoms with Gasteiger partial charge in [0.05, 0.1) is 0 Å². The highest BCUT2D eigenvalue weighted by Crippen LogP contribution is 2.28. The van der Waals surface area contributed by atoms with Crippen molar-refractivity contribution < 1.29 is 19.5 Å². The van der Waals surface area contributed by atoms with E-state index < -0.39 is 22.5 Å². The minimum absolute atomic E-state index is 0.154. The maximum Gasteiger partial charge on any atom is 0.290 e. The second-order valence-corrected chi connectivity index (χ2v) is 5.45. The summed E-state index contributed by atoms with van der Waals surface area (Å²) >= 11 is 0.847. The van der Waals surface area contributed by atoms with Crippen molar-refractivity contribution >= 4 is 34.6 Å². The number of carboxylic acids is 1. The van der Waals surface area contributed by atoms with E-state index in [-0.39, 0.29) is 13.0 Å². The first-order valence-corrected chi connectivity index (χ1v) is 6.90. The summed E-state index contributed by atoms with van der Waals surface area (Å²) < 4.78 is 0. The molecule has 1 aromatic rings. The van der Waals surface area contributed by atoms with E-state index in [1.165, 1.54) is 0 Å². The van der Waals surface area contributed by atoms with Crippen LogP contribution in [0.15, 0.2) is 24.3 Å². The molecule has 1 saturated heterocycles. The fraction of sp³-hybridized carbons (Fsp3) is 0.308. The van der Waals surface area contributed by atoms with Crippen molar-refractivity contribution in [3.05, 3.63) is 29.8 Å². The molecule has 0 aromatic heterocycles. The van der Waals surface area contributed by atoms with Crippen molar-refractivity contribution in [2.45, 2.75) is 18.7 Å².